The van der Waals surface area contributed by atoms with Crippen molar-refractivity contribution in [3.05, 3.63) is 72.7 Å². The number of pyridine rings is 1. The van der Waals surface area contributed by atoms with E-state index in [2.05, 4.69) is 42.5 Å². The van der Waals surface area contributed by atoms with Crippen LogP contribution in [-0.4, -0.2) is 30.5 Å². The molecule has 0 bridgehead atoms. The first-order valence-electron chi connectivity index (χ1n) is 10.5. The van der Waals surface area contributed by atoms with Crippen LogP contribution >= 0.6 is 0 Å². The minimum atomic E-state index is -0.524. The fourth-order valence-electron chi connectivity index (χ4n) is 3.49. The monoisotopic (exact) mass is 467 g/mol. The molecule has 1 amide bonds. The van der Waals surface area contributed by atoms with Crippen LogP contribution in [0.15, 0.2) is 61.3 Å². The van der Waals surface area contributed by atoms with Crippen LogP contribution in [0.2, 0.25) is 0 Å². The van der Waals surface area contributed by atoms with Crippen molar-refractivity contribution in [3.8, 4) is 23.3 Å². The van der Waals surface area contributed by atoms with Crippen molar-refractivity contribution in [2.45, 2.75) is 13.8 Å². The molecule has 2 N–H and O–H groups in total. The third-order valence-corrected chi connectivity index (χ3v) is 5.13. The Morgan fingerprint density at radius 2 is 1.97 bits per heavy atom. The minimum absolute atomic E-state index is 0.217. The molecule has 0 unspecified atom stereocenters. The number of aromatic nitrogens is 5. The Balaban J connectivity index is 1.43. The van der Waals surface area contributed by atoms with Crippen molar-refractivity contribution < 1.29 is 13.9 Å². The summed E-state index contributed by atoms with van der Waals surface area (Å²) in [6, 6.07) is 11.5. The molecule has 0 aliphatic carbocycles. The number of carbonyl (C=O) groups is 1. The number of hydrogen-bond acceptors (Lipinski definition) is 7. The predicted octanol–water partition coefficient (Wildman–Crippen LogP) is 4.62. The van der Waals surface area contributed by atoms with Gasteiger partial charge >= 0.3 is 0 Å². The van der Waals surface area contributed by atoms with Gasteiger partial charge in [-0.25, -0.2) is 23.9 Å². The number of anilines is 3. The number of aryl methyl sites for hydroxylation is 1. The highest BCUT2D eigenvalue weighted by Gasteiger charge is 2.13. The molecule has 172 valence electrons. The lowest BCUT2D eigenvalue weighted by Crippen LogP contribution is -2.08. The second-order valence-corrected chi connectivity index (χ2v) is 7.53. The number of ether oxygens (including phenoxy) is 1. The van der Waals surface area contributed by atoms with Gasteiger partial charge in [-0.2, -0.15) is 5.10 Å². The first-order valence-corrected chi connectivity index (χ1v) is 10.5. The van der Waals surface area contributed by atoms with Gasteiger partial charge in [0, 0.05) is 29.4 Å². The summed E-state index contributed by atoms with van der Waals surface area (Å²) < 4.78 is 22.6. The summed E-state index contributed by atoms with van der Waals surface area (Å²) in [6.45, 7) is 3.40. The molecule has 5 rings (SSSR count). The normalized spacial score (nSPS) is 10.6. The molecule has 10 heteroatoms. The van der Waals surface area contributed by atoms with E-state index in [1.807, 2.05) is 6.92 Å². The number of rotatable bonds is 5. The van der Waals surface area contributed by atoms with Gasteiger partial charge in [-0.05, 0) is 55.7 Å². The van der Waals surface area contributed by atoms with Crippen LogP contribution in [0.1, 0.15) is 12.5 Å². The molecule has 0 aliphatic heterocycles. The number of benzene rings is 2. The molecule has 9 nitrogen and oxygen atoms in total. The van der Waals surface area contributed by atoms with Crippen molar-refractivity contribution >= 4 is 39.6 Å². The van der Waals surface area contributed by atoms with Crippen LogP contribution in [0.5, 0.6) is 11.5 Å². The highest BCUT2D eigenvalue weighted by Crippen LogP contribution is 2.32. The Bertz CT molecular complexity index is 1650. The first kappa shape index (κ1) is 21.8. The summed E-state index contributed by atoms with van der Waals surface area (Å²) in [5, 5.41) is 10.4. The molecular weight excluding hydrogens is 449 g/mol. The van der Waals surface area contributed by atoms with E-state index >= 15 is 4.39 Å². The summed E-state index contributed by atoms with van der Waals surface area (Å²) in [4.78, 5) is 24.5. The Morgan fingerprint density at radius 1 is 1.09 bits per heavy atom. The highest BCUT2D eigenvalue weighted by atomic mass is 19.1. The third kappa shape index (κ3) is 4.56. The van der Waals surface area contributed by atoms with E-state index in [0.717, 1.165) is 0 Å². The smallest absolute Gasteiger partial charge is 0.300 e. The molecule has 3 heterocycles. The SMILES string of the molecule is CC#CC(=O)Nc1ccc2ncnc(Nc3cc(C)c(Oc4ccn5ncnc5c4)cc3F)c2c1. The van der Waals surface area contributed by atoms with Crippen molar-refractivity contribution in [1.29, 1.82) is 0 Å². The Hall–Kier alpha value is -5.04. The van der Waals surface area contributed by atoms with Crippen molar-refractivity contribution in [1.82, 2.24) is 24.6 Å². The predicted molar refractivity (Wildman–Crippen MR) is 129 cm³/mol. The summed E-state index contributed by atoms with van der Waals surface area (Å²) in [5.74, 6) is 5.28. The van der Waals surface area contributed by atoms with Gasteiger partial charge in [0.2, 0.25) is 0 Å². The number of hydrogen-bond donors (Lipinski definition) is 2. The summed E-state index contributed by atoms with van der Waals surface area (Å²) >= 11 is 0. The fourth-order valence-corrected chi connectivity index (χ4v) is 3.49. The maximum Gasteiger partial charge on any atom is 0.300 e. The fraction of sp³-hybridized carbons (Fsp3) is 0.0800. The summed E-state index contributed by atoms with van der Waals surface area (Å²) in [6.07, 6.45) is 4.54. The Morgan fingerprint density at radius 3 is 2.83 bits per heavy atom. The first-order chi connectivity index (χ1) is 17.0. The maximum atomic E-state index is 15.1. The molecule has 0 saturated carbocycles. The van der Waals surface area contributed by atoms with E-state index < -0.39 is 11.7 Å². The number of fused-ring (bicyclic) bond motifs is 2. The van der Waals surface area contributed by atoms with Crippen LogP contribution in [-0.2, 0) is 4.79 Å². The molecule has 2 aromatic carbocycles. The Kier molecular flexibility index (Phi) is 5.65. The molecule has 0 fully saturated rings. The molecule has 0 saturated heterocycles. The quantitative estimate of drug-likeness (QED) is 0.363. The zero-order valence-corrected chi connectivity index (χ0v) is 18.7. The second-order valence-electron chi connectivity index (χ2n) is 7.53. The van der Waals surface area contributed by atoms with Gasteiger partial charge < -0.3 is 15.4 Å². The van der Waals surface area contributed by atoms with Crippen LogP contribution < -0.4 is 15.4 Å². The third-order valence-electron chi connectivity index (χ3n) is 5.13. The number of nitrogens with zero attached hydrogens (tertiary/aromatic N) is 5. The molecule has 0 radical (unpaired) electrons. The van der Waals surface area contributed by atoms with Crippen LogP contribution in [0.3, 0.4) is 0 Å². The van der Waals surface area contributed by atoms with Gasteiger partial charge in [0.15, 0.2) is 5.65 Å². The van der Waals surface area contributed by atoms with Gasteiger partial charge in [-0.15, -0.1) is 0 Å². The number of halogens is 1. The van der Waals surface area contributed by atoms with E-state index in [9.17, 15) is 4.79 Å². The van der Waals surface area contributed by atoms with Gasteiger partial charge in [-0.1, -0.05) is 5.92 Å². The zero-order valence-electron chi connectivity index (χ0n) is 18.7. The van der Waals surface area contributed by atoms with Crippen molar-refractivity contribution in [2.75, 3.05) is 10.6 Å². The van der Waals surface area contributed by atoms with E-state index in [1.54, 1.807) is 54.0 Å². The number of carbonyl (C=O) groups excluding carboxylic acids is 1. The average Bonchev–Trinajstić information content (AvgIpc) is 3.31. The van der Waals surface area contributed by atoms with Crippen molar-refractivity contribution in [3.63, 3.8) is 0 Å². The molecule has 35 heavy (non-hydrogen) atoms. The van der Waals surface area contributed by atoms with Crippen LogP contribution in [0, 0.1) is 24.6 Å². The molecule has 0 atom stereocenters. The van der Waals surface area contributed by atoms with Gasteiger partial charge in [-0.3, -0.25) is 4.79 Å². The lowest BCUT2D eigenvalue weighted by atomic mass is 10.1. The number of nitrogens with one attached hydrogen (secondary N) is 2. The lowest BCUT2D eigenvalue weighted by Gasteiger charge is -2.14. The van der Waals surface area contributed by atoms with Gasteiger partial charge in [0.25, 0.3) is 5.91 Å². The molecular formula is C25H18FN7O2. The Labute approximate surface area is 199 Å². The highest BCUT2D eigenvalue weighted by molar-refractivity contribution is 6.05. The standard InChI is InChI=1S/C25H18FN7O2/c1-3-4-24(34)31-16-5-6-20-18(10-16)25(29-13-27-20)32-21-9-15(2)22(12-19(21)26)35-17-7-8-33-23(11-17)28-14-30-33/h5-14H,1-2H3,(H,31,34)(H,27,29,32). The molecule has 0 aliphatic rings. The second kappa shape index (κ2) is 9.07. The van der Waals surface area contributed by atoms with E-state index in [1.165, 1.54) is 18.7 Å². The van der Waals surface area contributed by atoms with E-state index in [0.29, 0.717) is 45.1 Å². The maximum absolute atomic E-state index is 15.1. The molecule has 0 spiro atoms. The molecule has 3 aromatic heterocycles. The van der Waals surface area contributed by atoms with Crippen LogP contribution in [0.25, 0.3) is 16.6 Å². The minimum Gasteiger partial charge on any atom is -0.457 e. The summed E-state index contributed by atoms with van der Waals surface area (Å²) in [7, 11) is 0. The van der Waals surface area contributed by atoms with Crippen LogP contribution in [0.4, 0.5) is 21.6 Å². The van der Waals surface area contributed by atoms with Crippen molar-refractivity contribution in [2.24, 2.45) is 0 Å². The largest absolute Gasteiger partial charge is 0.457 e. The molecule has 5 aromatic rings. The average molecular weight is 467 g/mol. The van der Waals surface area contributed by atoms with E-state index in [4.69, 9.17) is 4.74 Å². The van der Waals surface area contributed by atoms with E-state index in [-0.39, 0.29) is 5.69 Å². The zero-order chi connectivity index (χ0) is 24.4. The van der Waals surface area contributed by atoms with Gasteiger partial charge in [0.1, 0.15) is 35.8 Å². The summed E-state index contributed by atoms with van der Waals surface area (Å²) in [5.41, 5.74) is 2.69. The topological polar surface area (TPSA) is 106 Å². The lowest BCUT2D eigenvalue weighted by molar-refractivity contribution is -0.111. The number of amides is 1. The van der Waals surface area contributed by atoms with Gasteiger partial charge in [0.05, 0.1) is 11.2 Å².